The fourth-order valence-electron chi connectivity index (χ4n) is 3.19. The van der Waals surface area contributed by atoms with Crippen LogP contribution in [0.15, 0.2) is 71.6 Å². The molecule has 0 aliphatic carbocycles. The molecular formula is C24H25NO4S. The van der Waals surface area contributed by atoms with E-state index in [9.17, 15) is 13.2 Å². The standard InChI is InChI=1S/C24H25NO4S/c1-17-11-13-23(20(4)14-17)29-16-24(26)25(22-15-18(2)10-12-19(22)3)30(27,28)21-8-6-5-7-9-21/h5-15H,16H2,1-4H3. The second kappa shape index (κ2) is 8.71. The van der Waals surface area contributed by atoms with Crippen LogP contribution in [0, 0.1) is 27.7 Å². The van der Waals surface area contributed by atoms with Crippen LogP contribution in [0.3, 0.4) is 0 Å². The van der Waals surface area contributed by atoms with E-state index in [2.05, 4.69) is 0 Å². The number of rotatable bonds is 6. The predicted octanol–water partition coefficient (Wildman–Crippen LogP) is 4.72. The van der Waals surface area contributed by atoms with Crippen LogP contribution < -0.4 is 9.04 Å². The Morgan fingerprint density at radius 3 is 2.13 bits per heavy atom. The second-order valence-electron chi connectivity index (χ2n) is 7.32. The lowest BCUT2D eigenvalue weighted by Gasteiger charge is -2.25. The molecule has 5 nitrogen and oxygen atoms in total. The Morgan fingerprint density at radius 1 is 0.833 bits per heavy atom. The van der Waals surface area contributed by atoms with Crippen LogP contribution in [0.25, 0.3) is 0 Å². The number of carbonyl (C=O) groups is 1. The van der Waals surface area contributed by atoms with E-state index < -0.39 is 22.5 Å². The van der Waals surface area contributed by atoms with Crippen molar-refractivity contribution < 1.29 is 17.9 Å². The number of ether oxygens (including phenoxy) is 1. The van der Waals surface area contributed by atoms with E-state index in [4.69, 9.17) is 4.74 Å². The van der Waals surface area contributed by atoms with Crippen molar-refractivity contribution in [1.29, 1.82) is 0 Å². The molecule has 3 aromatic carbocycles. The first kappa shape index (κ1) is 21.6. The van der Waals surface area contributed by atoms with E-state index in [1.807, 2.05) is 39.0 Å². The zero-order valence-corrected chi connectivity index (χ0v) is 18.4. The molecule has 1 amide bonds. The molecule has 0 heterocycles. The molecule has 30 heavy (non-hydrogen) atoms. The van der Waals surface area contributed by atoms with Crippen molar-refractivity contribution in [2.24, 2.45) is 0 Å². The molecule has 3 rings (SSSR count). The monoisotopic (exact) mass is 423 g/mol. The number of carbonyl (C=O) groups excluding carboxylic acids is 1. The minimum Gasteiger partial charge on any atom is -0.483 e. The molecule has 6 heteroatoms. The molecule has 0 aromatic heterocycles. The third kappa shape index (κ3) is 4.54. The first-order valence-electron chi connectivity index (χ1n) is 9.60. The molecule has 0 aliphatic heterocycles. The van der Waals surface area contributed by atoms with Gasteiger partial charge in [0.05, 0.1) is 10.6 Å². The summed E-state index contributed by atoms with van der Waals surface area (Å²) in [5, 5.41) is 0. The van der Waals surface area contributed by atoms with Crippen LogP contribution in [-0.4, -0.2) is 20.9 Å². The van der Waals surface area contributed by atoms with Gasteiger partial charge < -0.3 is 4.74 Å². The smallest absolute Gasteiger partial charge is 0.278 e. The van der Waals surface area contributed by atoms with Crippen molar-refractivity contribution in [3.05, 3.63) is 89.0 Å². The van der Waals surface area contributed by atoms with Crippen LogP contribution in [0.1, 0.15) is 22.3 Å². The Labute approximate surface area is 178 Å². The van der Waals surface area contributed by atoms with Gasteiger partial charge in [-0.1, -0.05) is 48.0 Å². The molecule has 0 unspecified atom stereocenters. The summed E-state index contributed by atoms with van der Waals surface area (Å²) in [4.78, 5) is 13.2. The molecule has 0 saturated carbocycles. The second-order valence-corrected chi connectivity index (χ2v) is 9.11. The minimum atomic E-state index is -4.11. The van der Waals surface area contributed by atoms with Gasteiger partial charge in [0.25, 0.3) is 15.9 Å². The first-order chi connectivity index (χ1) is 14.2. The maximum Gasteiger partial charge on any atom is 0.278 e. The zero-order chi connectivity index (χ0) is 21.9. The lowest BCUT2D eigenvalue weighted by atomic mass is 10.1. The molecular weight excluding hydrogens is 398 g/mol. The molecule has 0 radical (unpaired) electrons. The minimum absolute atomic E-state index is 0.0470. The van der Waals surface area contributed by atoms with E-state index in [1.165, 1.54) is 12.1 Å². The average Bonchev–Trinajstić information content (AvgIpc) is 2.70. The van der Waals surface area contributed by atoms with E-state index in [0.29, 0.717) is 17.0 Å². The van der Waals surface area contributed by atoms with Crippen LogP contribution in [-0.2, 0) is 14.8 Å². The summed E-state index contributed by atoms with van der Waals surface area (Å²) in [6.07, 6.45) is 0. The SMILES string of the molecule is Cc1ccc(OCC(=O)N(c2cc(C)ccc2C)S(=O)(=O)c2ccccc2)c(C)c1. The number of aryl methyl sites for hydroxylation is 4. The van der Waals surface area contributed by atoms with Crippen LogP contribution in [0.4, 0.5) is 5.69 Å². The Bertz CT molecular complexity index is 1170. The first-order valence-corrected chi connectivity index (χ1v) is 11.0. The van der Waals surface area contributed by atoms with Crippen molar-refractivity contribution in [2.45, 2.75) is 32.6 Å². The van der Waals surface area contributed by atoms with Gasteiger partial charge in [0.1, 0.15) is 5.75 Å². The summed E-state index contributed by atoms with van der Waals surface area (Å²) in [5.41, 5.74) is 3.82. The van der Waals surface area contributed by atoms with E-state index in [1.54, 1.807) is 43.3 Å². The number of hydrogen-bond acceptors (Lipinski definition) is 4. The zero-order valence-electron chi connectivity index (χ0n) is 17.5. The van der Waals surface area contributed by atoms with Gasteiger partial charge in [-0.15, -0.1) is 0 Å². The van der Waals surface area contributed by atoms with Crippen molar-refractivity contribution >= 4 is 21.6 Å². The highest BCUT2D eigenvalue weighted by molar-refractivity contribution is 7.93. The number of sulfonamides is 1. The van der Waals surface area contributed by atoms with Crippen molar-refractivity contribution in [3.63, 3.8) is 0 Å². The van der Waals surface area contributed by atoms with Gasteiger partial charge in [0.15, 0.2) is 6.61 Å². The third-order valence-electron chi connectivity index (χ3n) is 4.77. The molecule has 0 spiro atoms. The molecule has 3 aromatic rings. The number of anilines is 1. The molecule has 156 valence electrons. The number of amides is 1. The van der Waals surface area contributed by atoms with Gasteiger partial charge in [-0.2, -0.15) is 4.31 Å². The highest BCUT2D eigenvalue weighted by Gasteiger charge is 2.32. The Hall–Kier alpha value is -3.12. The number of hydrogen-bond donors (Lipinski definition) is 0. The maximum atomic E-state index is 13.4. The normalized spacial score (nSPS) is 11.2. The molecule has 0 atom stereocenters. The molecule has 0 aliphatic rings. The summed E-state index contributed by atoms with van der Waals surface area (Å²) < 4.78 is 33.4. The van der Waals surface area contributed by atoms with Crippen molar-refractivity contribution in [3.8, 4) is 5.75 Å². The average molecular weight is 424 g/mol. The summed E-state index contributed by atoms with van der Waals surface area (Å²) in [6.45, 7) is 7.09. The van der Waals surface area contributed by atoms with Crippen molar-refractivity contribution in [2.75, 3.05) is 10.9 Å². The summed E-state index contributed by atoms with van der Waals surface area (Å²) in [6, 6.07) is 18.9. The summed E-state index contributed by atoms with van der Waals surface area (Å²) in [7, 11) is -4.11. The van der Waals surface area contributed by atoms with Gasteiger partial charge in [-0.05, 0) is 68.7 Å². The summed E-state index contributed by atoms with van der Waals surface area (Å²) >= 11 is 0. The highest BCUT2D eigenvalue weighted by atomic mass is 32.2. The Balaban J connectivity index is 2.01. The van der Waals surface area contributed by atoms with Gasteiger partial charge >= 0.3 is 0 Å². The number of nitrogens with zero attached hydrogens (tertiary/aromatic N) is 1. The fourth-order valence-corrected chi connectivity index (χ4v) is 4.68. The lowest BCUT2D eigenvalue weighted by molar-refractivity contribution is -0.119. The van der Waals surface area contributed by atoms with Crippen LogP contribution in [0.2, 0.25) is 0 Å². The fraction of sp³-hybridized carbons (Fsp3) is 0.208. The van der Waals surface area contributed by atoms with Crippen LogP contribution in [0.5, 0.6) is 5.75 Å². The third-order valence-corrected chi connectivity index (χ3v) is 6.52. The largest absolute Gasteiger partial charge is 0.483 e. The van der Waals surface area contributed by atoms with Gasteiger partial charge in [0.2, 0.25) is 0 Å². The van der Waals surface area contributed by atoms with Gasteiger partial charge in [-0.25, -0.2) is 8.42 Å². The topological polar surface area (TPSA) is 63.7 Å². The Morgan fingerprint density at radius 2 is 1.47 bits per heavy atom. The lowest BCUT2D eigenvalue weighted by Crippen LogP contribution is -2.40. The van der Waals surface area contributed by atoms with Gasteiger partial charge in [0, 0.05) is 0 Å². The van der Waals surface area contributed by atoms with Crippen molar-refractivity contribution in [1.82, 2.24) is 0 Å². The van der Waals surface area contributed by atoms with E-state index >= 15 is 0 Å². The quantitative estimate of drug-likeness (QED) is 0.575. The molecule has 0 saturated heterocycles. The molecule has 0 bridgehead atoms. The molecule has 0 fully saturated rings. The number of benzene rings is 3. The molecule has 0 N–H and O–H groups in total. The maximum absolute atomic E-state index is 13.4. The highest BCUT2D eigenvalue weighted by Crippen LogP contribution is 2.28. The van der Waals surface area contributed by atoms with E-state index in [-0.39, 0.29) is 4.90 Å². The summed E-state index contributed by atoms with van der Waals surface area (Å²) in [5.74, 6) is -0.112. The van der Waals surface area contributed by atoms with Gasteiger partial charge in [-0.3, -0.25) is 4.79 Å². The van der Waals surface area contributed by atoms with Crippen LogP contribution >= 0.6 is 0 Å². The predicted molar refractivity (Wildman–Crippen MR) is 118 cm³/mol. The Kier molecular flexibility index (Phi) is 6.27. The van der Waals surface area contributed by atoms with E-state index in [0.717, 1.165) is 21.0 Å².